The van der Waals surface area contributed by atoms with Crippen molar-refractivity contribution in [3.05, 3.63) is 54.4 Å². The summed E-state index contributed by atoms with van der Waals surface area (Å²) in [4.78, 5) is 6.59. The highest BCUT2D eigenvalue weighted by Gasteiger charge is 2.10. The van der Waals surface area contributed by atoms with Crippen molar-refractivity contribution >= 4 is 29.9 Å². The maximum atomic E-state index is 13.9. The van der Waals surface area contributed by atoms with E-state index in [9.17, 15) is 4.39 Å². The van der Waals surface area contributed by atoms with Gasteiger partial charge < -0.3 is 19.5 Å². The summed E-state index contributed by atoms with van der Waals surface area (Å²) in [6.45, 7) is 8.15. The number of hydrogen-bond acceptors (Lipinski definition) is 4. The fraction of sp³-hybridized carbons (Fsp3) is 0.421. The summed E-state index contributed by atoms with van der Waals surface area (Å²) in [5.74, 6) is 1.52. The second-order valence-electron chi connectivity index (χ2n) is 5.99. The lowest BCUT2D eigenvalue weighted by atomic mass is 10.2. The van der Waals surface area contributed by atoms with Gasteiger partial charge in [0.2, 0.25) is 0 Å². The fourth-order valence-corrected chi connectivity index (χ4v) is 2.64. The third kappa shape index (κ3) is 6.77. The second-order valence-corrected chi connectivity index (χ2v) is 5.99. The average Bonchev–Trinajstić information content (AvgIpc) is 3.12. The Labute approximate surface area is 182 Å². The molecule has 0 unspecified atom stereocenters. The van der Waals surface area contributed by atoms with Crippen LogP contribution in [0.5, 0.6) is 5.75 Å². The summed E-state index contributed by atoms with van der Waals surface area (Å²) in [5, 5.41) is 11.2. The Bertz CT molecular complexity index is 780. The van der Waals surface area contributed by atoms with Gasteiger partial charge in [0.05, 0.1) is 13.7 Å². The van der Waals surface area contributed by atoms with Crippen molar-refractivity contribution in [2.75, 3.05) is 27.2 Å². The minimum atomic E-state index is -0.374. The minimum absolute atomic E-state index is 0. The Kier molecular flexibility index (Phi) is 10.5. The summed E-state index contributed by atoms with van der Waals surface area (Å²) < 4.78 is 20.9. The van der Waals surface area contributed by atoms with E-state index in [4.69, 9.17) is 4.74 Å². The summed E-state index contributed by atoms with van der Waals surface area (Å²) >= 11 is 0. The molecule has 0 fully saturated rings. The number of ether oxygens (including phenoxy) is 1. The van der Waals surface area contributed by atoms with E-state index in [1.54, 1.807) is 18.5 Å². The number of halogens is 2. The van der Waals surface area contributed by atoms with Crippen LogP contribution in [0.4, 0.5) is 4.39 Å². The van der Waals surface area contributed by atoms with E-state index < -0.39 is 0 Å². The Morgan fingerprint density at radius 1 is 1.46 bits per heavy atom. The van der Waals surface area contributed by atoms with Crippen LogP contribution < -0.4 is 10.1 Å². The van der Waals surface area contributed by atoms with Crippen LogP contribution in [0.15, 0.2) is 42.2 Å². The standard InChI is InChI=1S/C19H27FN6O.HI/c1-5-9-21-19(22-10-11-26-14-23-24-18(26)6-2)25(3)13-15-7-8-17(27-4)16(20)12-15;/h5,7-8,12,14H,1,6,9-11,13H2,2-4H3,(H,21,22);1H. The monoisotopic (exact) mass is 502 g/mol. The number of aromatic nitrogens is 3. The van der Waals surface area contributed by atoms with Gasteiger partial charge in [0.25, 0.3) is 0 Å². The van der Waals surface area contributed by atoms with E-state index >= 15 is 0 Å². The quantitative estimate of drug-likeness (QED) is 0.247. The first kappa shape index (κ1) is 23.9. The SMILES string of the molecule is C=CCNC(=NCCn1cnnc1CC)N(C)Cc1ccc(OC)c(F)c1.I. The van der Waals surface area contributed by atoms with Crippen LogP contribution in [-0.2, 0) is 19.5 Å². The van der Waals surface area contributed by atoms with Gasteiger partial charge in [0.15, 0.2) is 17.5 Å². The minimum Gasteiger partial charge on any atom is -0.494 e. The van der Waals surface area contributed by atoms with E-state index in [1.165, 1.54) is 13.2 Å². The first-order chi connectivity index (χ1) is 13.1. The average molecular weight is 502 g/mol. The number of nitrogens with one attached hydrogen (secondary N) is 1. The van der Waals surface area contributed by atoms with Gasteiger partial charge in [-0.1, -0.05) is 19.1 Å². The van der Waals surface area contributed by atoms with E-state index in [2.05, 4.69) is 27.1 Å². The zero-order chi connectivity index (χ0) is 19.6. The number of nitrogens with zero attached hydrogens (tertiary/aromatic N) is 5. The van der Waals surface area contributed by atoms with Gasteiger partial charge in [-0.2, -0.15) is 0 Å². The molecule has 0 spiro atoms. The Morgan fingerprint density at radius 2 is 2.25 bits per heavy atom. The summed E-state index contributed by atoms with van der Waals surface area (Å²) in [7, 11) is 3.36. The Hall–Kier alpha value is -2.17. The summed E-state index contributed by atoms with van der Waals surface area (Å²) in [6.07, 6.45) is 4.31. The molecule has 1 aromatic carbocycles. The Balaban J connectivity index is 0.00000392. The topological polar surface area (TPSA) is 67.6 Å². The molecule has 0 radical (unpaired) electrons. The zero-order valence-corrected chi connectivity index (χ0v) is 18.9. The molecule has 0 saturated heterocycles. The number of guanidine groups is 1. The predicted molar refractivity (Wildman–Crippen MR) is 120 cm³/mol. The number of rotatable bonds is 9. The van der Waals surface area contributed by atoms with Crippen molar-refractivity contribution in [1.82, 2.24) is 25.0 Å². The molecule has 9 heteroatoms. The zero-order valence-electron chi connectivity index (χ0n) is 16.6. The lowest BCUT2D eigenvalue weighted by molar-refractivity contribution is 0.385. The molecule has 1 aromatic heterocycles. The normalized spacial score (nSPS) is 10.9. The molecular weight excluding hydrogens is 474 g/mol. The van der Waals surface area contributed by atoms with Crippen molar-refractivity contribution in [1.29, 1.82) is 0 Å². The first-order valence-corrected chi connectivity index (χ1v) is 8.88. The highest BCUT2D eigenvalue weighted by Crippen LogP contribution is 2.18. The van der Waals surface area contributed by atoms with Crippen molar-refractivity contribution < 1.29 is 9.13 Å². The van der Waals surface area contributed by atoms with Crippen LogP contribution in [0.2, 0.25) is 0 Å². The molecule has 28 heavy (non-hydrogen) atoms. The maximum absolute atomic E-state index is 13.9. The number of benzene rings is 1. The molecule has 0 aliphatic rings. The van der Waals surface area contributed by atoms with E-state index in [0.717, 1.165) is 23.8 Å². The van der Waals surface area contributed by atoms with Gasteiger partial charge in [-0.25, -0.2) is 4.39 Å². The lowest BCUT2D eigenvalue weighted by Gasteiger charge is -2.22. The van der Waals surface area contributed by atoms with Crippen molar-refractivity contribution in [2.24, 2.45) is 4.99 Å². The first-order valence-electron chi connectivity index (χ1n) is 8.88. The third-order valence-electron chi connectivity index (χ3n) is 4.02. The molecule has 1 N–H and O–H groups in total. The summed E-state index contributed by atoms with van der Waals surface area (Å²) in [5.41, 5.74) is 0.830. The van der Waals surface area contributed by atoms with Crippen LogP contribution in [-0.4, -0.2) is 52.9 Å². The number of aliphatic imine (C=N–C) groups is 1. The van der Waals surface area contributed by atoms with E-state index in [1.807, 2.05) is 29.5 Å². The summed E-state index contributed by atoms with van der Waals surface area (Å²) in [6, 6.07) is 4.95. The van der Waals surface area contributed by atoms with Gasteiger partial charge in [-0.3, -0.25) is 4.99 Å². The molecule has 7 nitrogen and oxygen atoms in total. The van der Waals surface area contributed by atoms with Gasteiger partial charge in [0.1, 0.15) is 12.2 Å². The molecule has 2 aromatic rings. The number of methoxy groups -OCH3 is 1. The molecule has 0 amide bonds. The molecule has 0 atom stereocenters. The molecule has 2 rings (SSSR count). The van der Waals surface area contributed by atoms with Crippen molar-refractivity contribution in [2.45, 2.75) is 26.4 Å². The highest BCUT2D eigenvalue weighted by molar-refractivity contribution is 14.0. The molecule has 0 bridgehead atoms. The fourth-order valence-electron chi connectivity index (χ4n) is 2.64. The molecule has 0 aliphatic heterocycles. The van der Waals surface area contributed by atoms with Crippen LogP contribution in [0.25, 0.3) is 0 Å². The molecule has 0 saturated carbocycles. The van der Waals surface area contributed by atoms with Crippen LogP contribution in [0, 0.1) is 5.82 Å². The number of hydrogen-bond donors (Lipinski definition) is 1. The molecular formula is C19H28FIN6O. The van der Waals surface area contributed by atoms with Crippen LogP contribution >= 0.6 is 24.0 Å². The van der Waals surface area contributed by atoms with E-state index in [0.29, 0.717) is 26.2 Å². The maximum Gasteiger partial charge on any atom is 0.194 e. The second kappa shape index (κ2) is 12.3. The van der Waals surface area contributed by atoms with Crippen molar-refractivity contribution in [3.63, 3.8) is 0 Å². The molecule has 154 valence electrons. The largest absolute Gasteiger partial charge is 0.494 e. The van der Waals surface area contributed by atoms with E-state index in [-0.39, 0.29) is 35.5 Å². The lowest BCUT2D eigenvalue weighted by Crippen LogP contribution is -2.39. The number of aryl methyl sites for hydroxylation is 1. The molecule has 1 heterocycles. The highest BCUT2D eigenvalue weighted by atomic mass is 127. The third-order valence-corrected chi connectivity index (χ3v) is 4.02. The smallest absolute Gasteiger partial charge is 0.194 e. The van der Waals surface area contributed by atoms with Gasteiger partial charge in [0, 0.05) is 33.1 Å². The van der Waals surface area contributed by atoms with Crippen molar-refractivity contribution in [3.8, 4) is 5.75 Å². The Morgan fingerprint density at radius 3 is 2.89 bits per heavy atom. The van der Waals surface area contributed by atoms with Gasteiger partial charge in [-0.15, -0.1) is 40.8 Å². The van der Waals surface area contributed by atoms with Crippen LogP contribution in [0.1, 0.15) is 18.3 Å². The predicted octanol–water partition coefficient (Wildman–Crippen LogP) is 2.87. The molecule has 0 aliphatic carbocycles. The van der Waals surface area contributed by atoms with Gasteiger partial charge >= 0.3 is 0 Å². The van der Waals surface area contributed by atoms with Gasteiger partial charge in [-0.05, 0) is 17.7 Å². The van der Waals surface area contributed by atoms with Crippen LogP contribution in [0.3, 0.4) is 0 Å².